The van der Waals surface area contributed by atoms with E-state index in [1.54, 1.807) is 12.1 Å². The maximum atomic E-state index is 11.2. The molecule has 0 amide bonds. The lowest BCUT2D eigenvalue weighted by Gasteiger charge is -2.11. The Kier molecular flexibility index (Phi) is 5.33. The minimum Gasteiger partial charge on any atom is -0.384 e. The highest BCUT2D eigenvalue weighted by atomic mass is 31.2. The summed E-state index contributed by atoms with van der Waals surface area (Å²) in [7, 11) is -6.90. The summed E-state index contributed by atoms with van der Waals surface area (Å²) in [5, 5.41) is 9.56. The molecule has 0 aliphatic carbocycles. The summed E-state index contributed by atoms with van der Waals surface area (Å²) in [5.74, 6) is -0.850. The summed E-state index contributed by atoms with van der Waals surface area (Å²) < 4.78 is 26.1. The monoisotopic (exact) mass is 280 g/mol. The van der Waals surface area contributed by atoms with E-state index in [2.05, 4.69) is 9.51 Å². The van der Waals surface area contributed by atoms with E-state index < -0.39 is 34.2 Å². The van der Waals surface area contributed by atoms with Crippen LogP contribution in [-0.4, -0.2) is 32.4 Å². The first kappa shape index (κ1) is 14.4. The summed E-state index contributed by atoms with van der Waals surface area (Å²) in [6.45, 7) is -0.464. The van der Waals surface area contributed by atoms with Crippen molar-refractivity contribution in [3.05, 3.63) is 30.1 Å². The van der Waals surface area contributed by atoms with E-state index in [0.717, 1.165) is 0 Å². The molecule has 0 aromatic carbocycles. The third-order valence-electron chi connectivity index (χ3n) is 1.76. The lowest BCUT2D eigenvalue weighted by molar-refractivity contribution is 0.0975. The Bertz CT molecular complexity index is 425. The van der Waals surface area contributed by atoms with Crippen LogP contribution in [0.5, 0.6) is 0 Å². The van der Waals surface area contributed by atoms with Gasteiger partial charge >= 0.3 is 15.6 Å². The Morgan fingerprint density at radius 1 is 1.53 bits per heavy atom. The molecule has 3 unspecified atom stereocenters. The zero-order valence-corrected chi connectivity index (χ0v) is 10.5. The topological polar surface area (TPSA) is 117 Å². The van der Waals surface area contributed by atoms with Crippen molar-refractivity contribution in [2.75, 3.05) is 12.5 Å². The van der Waals surface area contributed by atoms with Crippen LogP contribution in [0, 0.1) is 0 Å². The van der Waals surface area contributed by atoms with E-state index in [1.807, 2.05) is 0 Å². The van der Waals surface area contributed by atoms with Crippen LogP contribution in [0.4, 0.5) is 0 Å². The van der Waals surface area contributed by atoms with Crippen LogP contribution in [0.15, 0.2) is 24.4 Å². The van der Waals surface area contributed by atoms with E-state index in [4.69, 9.17) is 9.79 Å². The van der Waals surface area contributed by atoms with Crippen molar-refractivity contribution in [2.24, 2.45) is 0 Å². The number of hydrogen-bond donors (Lipinski definition) is 3. The third kappa shape index (κ3) is 5.46. The van der Waals surface area contributed by atoms with Gasteiger partial charge in [-0.05, 0) is 16.7 Å². The Morgan fingerprint density at radius 2 is 2.24 bits per heavy atom. The molecule has 3 atom stereocenters. The first-order chi connectivity index (χ1) is 7.91. The van der Waals surface area contributed by atoms with E-state index >= 15 is 0 Å². The third-order valence-corrected chi connectivity index (χ3v) is 4.71. The predicted octanol–water partition coefficient (Wildman–Crippen LogP) is 1.01. The number of pyridine rings is 1. The van der Waals surface area contributed by atoms with E-state index in [9.17, 15) is 14.2 Å². The maximum absolute atomic E-state index is 11.2. The van der Waals surface area contributed by atoms with Crippen LogP contribution in [-0.2, 0) is 13.7 Å². The van der Waals surface area contributed by atoms with Crippen LogP contribution in [0.3, 0.4) is 0 Å². The Labute approximate surface area is 98.5 Å². The number of nitrogens with zero attached hydrogens (tertiary/aromatic N) is 1. The van der Waals surface area contributed by atoms with Crippen molar-refractivity contribution in [2.45, 2.75) is 6.10 Å². The van der Waals surface area contributed by atoms with E-state index in [1.165, 1.54) is 12.3 Å². The van der Waals surface area contributed by atoms with Gasteiger partial charge in [0, 0.05) is 6.20 Å². The molecule has 1 aromatic rings. The van der Waals surface area contributed by atoms with Gasteiger partial charge in [-0.2, -0.15) is 4.89 Å². The number of hydrogen-bond acceptors (Lipinski definition) is 5. The summed E-state index contributed by atoms with van der Waals surface area (Å²) in [5.41, 5.74) is 0.292. The number of rotatable bonds is 6. The van der Waals surface area contributed by atoms with Gasteiger partial charge in [0.2, 0.25) is 0 Å². The largest absolute Gasteiger partial charge is 0.518 e. The number of aromatic nitrogens is 1. The van der Waals surface area contributed by atoms with Gasteiger partial charge in [-0.15, -0.1) is 0 Å². The first-order valence-corrected chi connectivity index (χ1v) is 7.75. The molecule has 9 heteroatoms. The molecule has 1 aromatic heterocycles. The van der Waals surface area contributed by atoms with Crippen molar-refractivity contribution in [1.82, 2.24) is 4.98 Å². The lowest BCUT2D eigenvalue weighted by Crippen LogP contribution is -2.08. The van der Waals surface area contributed by atoms with Crippen LogP contribution in [0.25, 0.3) is 0 Å². The zero-order valence-electron chi connectivity index (χ0n) is 8.71. The van der Waals surface area contributed by atoms with E-state index in [-0.39, 0.29) is 0 Å². The zero-order chi connectivity index (χ0) is 12.9. The fourth-order valence-electron chi connectivity index (χ4n) is 1.04. The van der Waals surface area contributed by atoms with Crippen LogP contribution in [0.1, 0.15) is 11.8 Å². The molecule has 17 heavy (non-hydrogen) atoms. The van der Waals surface area contributed by atoms with Crippen molar-refractivity contribution in [3.8, 4) is 0 Å². The van der Waals surface area contributed by atoms with E-state index in [0.29, 0.717) is 5.69 Å². The number of aliphatic hydroxyl groups is 1. The van der Waals surface area contributed by atoms with Gasteiger partial charge in [0.1, 0.15) is 6.10 Å². The molecule has 3 N–H and O–H groups in total. The molecule has 0 aliphatic rings. The van der Waals surface area contributed by atoms with Gasteiger partial charge in [-0.1, -0.05) is 6.07 Å². The second-order valence-corrected chi connectivity index (χ2v) is 6.57. The van der Waals surface area contributed by atoms with Crippen molar-refractivity contribution in [1.29, 1.82) is 0 Å². The molecular formula is C8H12NO6P2+. The second kappa shape index (κ2) is 6.31. The molecule has 1 heterocycles. The Morgan fingerprint density at radius 3 is 2.76 bits per heavy atom. The van der Waals surface area contributed by atoms with Crippen LogP contribution < -0.4 is 0 Å². The second-order valence-electron chi connectivity index (χ2n) is 3.20. The van der Waals surface area contributed by atoms with Crippen LogP contribution >= 0.6 is 15.6 Å². The van der Waals surface area contributed by atoms with Gasteiger partial charge < -0.3 is 14.5 Å². The summed E-state index contributed by atoms with van der Waals surface area (Å²) in [6, 6.07) is 4.84. The molecule has 0 saturated carbocycles. The van der Waals surface area contributed by atoms with Gasteiger partial charge in [-0.25, -0.2) is 0 Å². The average Bonchev–Trinajstić information content (AvgIpc) is 2.25. The maximum Gasteiger partial charge on any atom is 0.518 e. The Balaban J connectivity index is 2.51. The molecule has 0 aliphatic heterocycles. The first-order valence-electron chi connectivity index (χ1n) is 4.59. The molecule has 0 spiro atoms. The highest BCUT2D eigenvalue weighted by Gasteiger charge is 2.32. The van der Waals surface area contributed by atoms with Crippen molar-refractivity contribution >= 4 is 15.6 Å². The SMILES string of the molecule is O=[P+](O)CP(=O)(O)OCC(O)c1ccccn1. The standard InChI is InChI=1S/C8H11NO6P2/c10-8(7-3-1-2-4-9-7)5-15-17(13,14)6-16(11)12/h1-4,8,10H,5-6H2,(H-,11,12,13,14)/p+1. The normalized spacial score (nSPS) is 17.2. The number of aliphatic hydroxyl groups excluding tert-OH is 1. The van der Waals surface area contributed by atoms with Crippen molar-refractivity contribution < 1.29 is 28.5 Å². The molecular weight excluding hydrogens is 268 g/mol. The molecule has 1 rings (SSSR count). The minimum absolute atomic E-state index is 0.292. The molecule has 0 radical (unpaired) electrons. The quantitative estimate of drug-likeness (QED) is 0.665. The minimum atomic E-state index is -4.14. The smallest absolute Gasteiger partial charge is 0.384 e. The molecule has 7 nitrogen and oxygen atoms in total. The lowest BCUT2D eigenvalue weighted by atomic mass is 10.2. The summed E-state index contributed by atoms with van der Waals surface area (Å²) in [4.78, 5) is 21.5. The molecule has 0 fully saturated rings. The predicted molar refractivity (Wildman–Crippen MR) is 59.7 cm³/mol. The van der Waals surface area contributed by atoms with Crippen LogP contribution in [0.2, 0.25) is 0 Å². The molecule has 0 saturated heterocycles. The Hall–Kier alpha value is -0.680. The average molecular weight is 280 g/mol. The molecule has 94 valence electrons. The van der Waals surface area contributed by atoms with Gasteiger partial charge in [0.25, 0.3) is 5.90 Å². The van der Waals surface area contributed by atoms with Gasteiger partial charge in [-0.3, -0.25) is 9.55 Å². The summed E-state index contributed by atoms with van der Waals surface area (Å²) in [6.07, 6.45) is 0.301. The van der Waals surface area contributed by atoms with Crippen molar-refractivity contribution in [3.63, 3.8) is 0 Å². The summed E-state index contributed by atoms with van der Waals surface area (Å²) >= 11 is 0. The fourth-order valence-corrected chi connectivity index (χ4v) is 2.96. The molecule has 0 bridgehead atoms. The fraction of sp³-hybridized carbons (Fsp3) is 0.375. The highest BCUT2D eigenvalue weighted by Crippen LogP contribution is 2.48. The van der Waals surface area contributed by atoms with Gasteiger partial charge in [0.05, 0.1) is 12.3 Å². The van der Waals surface area contributed by atoms with Gasteiger partial charge in [0.15, 0.2) is 0 Å². The highest BCUT2D eigenvalue weighted by molar-refractivity contribution is 7.64.